The van der Waals surface area contributed by atoms with Crippen LogP contribution in [-0.2, 0) is 16.0 Å². The lowest BCUT2D eigenvalue weighted by atomic mass is 10.1. The lowest BCUT2D eigenvalue weighted by Crippen LogP contribution is -2.41. The largest absolute Gasteiger partial charge is 0.481 e. The monoisotopic (exact) mass is 290 g/mol. The molecule has 21 heavy (non-hydrogen) atoms. The highest BCUT2D eigenvalue weighted by Gasteiger charge is 2.27. The average Bonchev–Trinajstić information content (AvgIpc) is 2.86. The van der Waals surface area contributed by atoms with Gasteiger partial charge in [0.1, 0.15) is 0 Å². The zero-order chi connectivity index (χ0) is 15.1. The van der Waals surface area contributed by atoms with Gasteiger partial charge in [0.05, 0.1) is 13.0 Å². The quantitative estimate of drug-likeness (QED) is 0.794. The fraction of sp³-hybridized carbons (Fsp3) is 0.500. The van der Waals surface area contributed by atoms with Gasteiger partial charge in [-0.1, -0.05) is 30.3 Å². The first kappa shape index (κ1) is 15.5. The van der Waals surface area contributed by atoms with Crippen LogP contribution in [0.4, 0.5) is 0 Å². The third-order valence-corrected chi connectivity index (χ3v) is 3.83. The molecule has 2 rings (SSSR count). The molecule has 0 aromatic heterocycles. The number of carboxylic acids is 1. The van der Waals surface area contributed by atoms with Crippen LogP contribution in [0.1, 0.15) is 24.8 Å². The van der Waals surface area contributed by atoms with Crippen molar-refractivity contribution in [3.05, 3.63) is 35.9 Å². The van der Waals surface area contributed by atoms with Crippen LogP contribution in [0.25, 0.3) is 0 Å². The van der Waals surface area contributed by atoms with Crippen molar-refractivity contribution >= 4 is 11.9 Å². The Morgan fingerprint density at radius 3 is 2.76 bits per heavy atom. The van der Waals surface area contributed by atoms with E-state index in [1.165, 1.54) is 5.56 Å². The molecule has 1 aliphatic heterocycles. The highest BCUT2D eigenvalue weighted by atomic mass is 16.4. The molecule has 5 nitrogen and oxygen atoms in total. The van der Waals surface area contributed by atoms with Crippen LogP contribution in [-0.4, -0.2) is 47.6 Å². The zero-order valence-corrected chi connectivity index (χ0v) is 12.1. The Kier molecular flexibility index (Phi) is 5.75. The Labute approximate surface area is 125 Å². The van der Waals surface area contributed by atoms with Crippen LogP contribution in [0.15, 0.2) is 30.3 Å². The molecule has 1 unspecified atom stereocenters. The van der Waals surface area contributed by atoms with Crippen molar-refractivity contribution < 1.29 is 14.7 Å². The molecule has 1 heterocycles. The van der Waals surface area contributed by atoms with Crippen molar-refractivity contribution in [3.63, 3.8) is 0 Å². The van der Waals surface area contributed by atoms with Gasteiger partial charge in [-0.3, -0.25) is 14.5 Å². The lowest BCUT2D eigenvalue weighted by Gasteiger charge is -2.22. The van der Waals surface area contributed by atoms with E-state index in [-0.39, 0.29) is 18.4 Å². The first-order chi connectivity index (χ1) is 10.1. The Morgan fingerprint density at radius 2 is 2.05 bits per heavy atom. The van der Waals surface area contributed by atoms with Crippen LogP contribution in [0.2, 0.25) is 0 Å². The molecular weight excluding hydrogens is 268 g/mol. The van der Waals surface area contributed by atoms with Gasteiger partial charge >= 0.3 is 5.97 Å². The molecule has 1 fully saturated rings. The van der Waals surface area contributed by atoms with Crippen molar-refractivity contribution in [1.82, 2.24) is 10.2 Å². The predicted molar refractivity (Wildman–Crippen MR) is 80.0 cm³/mol. The third kappa shape index (κ3) is 5.19. The minimum atomic E-state index is -0.795. The van der Waals surface area contributed by atoms with Crippen molar-refractivity contribution in [2.75, 3.05) is 19.6 Å². The van der Waals surface area contributed by atoms with Crippen molar-refractivity contribution in [3.8, 4) is 0 Å². The minimum absolute atomic E-state index is 0.00220. The molecule has 0 radical (unpaired) electrons. The summed E-state index contributed by atoms with van der Waals surface area (Å²) in [5.74, 6) is -0.820. The summed E-state index contributed by atoms with van der Waals surface area (Å²) >= 11 is 0. The van der Waals surface area contributed by atoms with Gasteiger partial charge in [0.15, 0.2) is 0 Å². The maximum atomic E-state index is 11.9. The van der Waals surface area contributed by atoms with Crippen LogP contribution in [0.5, 0.6) is 0 Å². The van der Waals surface area contributed by atoms with Gasteiger partial charge in [0.2, 0.25) is 5.91 Å². The summed E-state index contributed by atoms with van der Waals surface area (Å²) in [6.07, 6.45) is 2.77. The maximum Gasteiger partial charge on any atom is 0.304 e. The van der Waals surface area contributed by atoms with E-state index in [4.69, 9.17) is 5.11 Å². The van der Waals surface area contributed by atoms with E-state index in [1.807, 2.05) is 35.2 Å². The summed E-state index contributed by atoms with van der Waals surface area (Å²) in [6, 6.07) is 10.0. The number of hydrogen-bond donors (Lipinski definition) is 2. The predicted octanol–water partition coefficient (Wildman–Crippen LogP) is 1.28. The number of nitrogens with one attached hydrogen (secondary N) is 1. The molecule has 114 valence electrons. The highest BCUT2D eigenvalue weighted by molar-refractivity contribution is 5.78. The Morgan fingerprint density at radius 1 is 1.29 bits per heavy atom. The third-order valence-electron chi connectivity index (χ3n) is 3.83. The average molecular weight is 290 g/mol. The summed E-state index contributed by atoms with van der Waals surface area (Å²) in [5.41, 5.74) is 1.20. The second-order valence-electron chi connectivity index (χ2n) is 5.45. The van der Waals surface area contributed by atoms with E-state index in [1.54, 1.807) is 0 Å². The van der Waals surface area contributed by atoms with Crippen LogP contribution in [0, 0.1) is 0 Å². The van der Waals surface area contributed by atoms with Crippen molar-refractivity contribution in [2.45, 2.75) is 31.7 Å². The first-order valence-electron chi connectivity index (χ1n) is 7.41. The number of nitrogens with zero attached hydrogens (tertiary/aromatic N) is 1. The van der Waals surface area contributed by atoms with Crippen LogP contribution in [0.3, 0.4) is 0 Å². The summed E-state index contributed by atoms with van der Waals surface area (Å²) in [7, 11) is 0. The number of rotatable bonds is 7. The summed E-state index contributed by atoms with van der Waals surface area (Å²) in [5, 5.41) is 11.8. The SMILES string of the molecule is O=C(O)CC1CCCN1CC(=O)NCCc1ccccc1. The zero-order valence-electron chi connectivity index (χ0n) is 12.1. The molecule has 0 bridgehead atoms. The number of carboxylic acid groups (broad SMARTS) is 1. The number of likely N-dealkylation sites (tertiary alicyclic amines) is 1. The molecule has 0 aliphatic carbocycles. The van der Waals surface area contributed by atoms with Gasteiger partial charge in [-0.25, -0.2) is 0 Å². The number of carbonyl (C=O) groups is 2. The first-order valence-corrected chi connectivity index (χ1v) is 7.41. The normalized spacial score (nSPS) is 18.6. The van der Waals surface area contributed by atoms with Crippen molar-refractivity contribution in [2.24, 2.45) is 0 Å². The number of hydrogen-bond acceptors (Lipinski definition) is 3. The maximum absolute atomic E-state index is 11.9. The highest BCUT2D eigenvalue weighted by Crippen LogP contribution is 2.19. The van der Waals surface area contributed by atoms with Gasteiger partial charge in [0.25, 0.3) is 0 Å². The summed E-state index contributed by atoms with van der Waals surface area (Å²) in [6.45, 7) is 1.72. The summed E-state index contributed by atoms with van der Waals surface area (Å²) < 4.78 is 0. The molecule has 2 N–H and O–H groups in total. The second-order valence-corrected chi connectivity index (χ2v) is 5.45. The van der Waals surface area contributed by atoms with Crippen LogP contribution < -0.4 is 5.32 Å². The Balaban J connectivity index is 1.70. The van der Waals surface area contributed by atoms with Crippen molar-refractivity contribution in [1.29, 1.82) is 0 Å². The standard InChI is InChI=1S/C16H22N2O3/c19-15(17-9-8-13-5-2-1-3-6-13)12-18-10-4-7-14(18)11-16(20)21/h1-3,5-6,14H,4,7-12H2,(H,17,19)(H,20,21). The second kappa shape index (κ2) is 7.78. The van der Waals surface area contributed by atoms with E-state index < -0.39 is 5.97 Å². The van der Waals surface area contributed by atoms with Gasteiger partial charge in [0, 0.05) is 12.6 Å². The van der Waals surface area contributed by atoms with E-state index in [2.05, 4.69) is 5.32 Å². The fourth-order valence-electron chi connectivity index (χ4n) is 2.77. The number of aliphatic carboxylic acids is 1. The molecule has 1 aliphatic rings. The molecule has 1 amide bonds. The molecule has 1 aromatic carbocycles. The van der Waals surface area contributed by atoms with Gasteiger partial charge < -0.3 is 10.4 Å². The number of carbonyl (C=O) groups excluding carboxylic acids is 1. The lowest BCUT2D eigenvalue weighted by molar-refractivity contribution is -0.138. The molecule has 1 atom stereocenters. The van der Waals surface area contributed by atoms with E-state index in [9.17, 15) is 9.59 Å². The van der Waals surface area contributed by atoms with Gasteiger partial charge in [-0.05, 0) is 31.4 Å². The number of benzene rings is 1. The summed E-state index contributed by atoms with van der Waals surface area (Å²) in [4.78, 5) is 24.7. The van der Waals surface area contributed by atoms with Gasteiger partial charge in [-0.15, -0.1) is 0 Å². The molecular formula is C16H22N2O3. The fourth-order valence-corrected chi connectivity index (χ4v) is 2.77. The Hall–Kier alpha value is -1.88. The number of amides is 1. The molecule has 1 aromatic rings. The van der Waals surface area contributed by atoms with E-state index >= 15 is 0 Å². The van der Waals surface area contributed by atoms with E-state index in [0.29, 0.717) is 13.1 Å². The van der Waals surface area contributed by atoms with Gasteiger partial charge in [-0.2, -0.15) is 0 Å². The Bertz CT molecular complexity index is 476. The smallest absolute Gasteiger partial charge is 0.304 e. The molecule has 0 spiro atoms. The minimum Gasteiger partial charge on any atom is -0.481 e. The topological polar surface area (TPSA) is 69.6 Å². The van der Waals surface area contributed by atoms with E-state index in [0.717, 1.165) is 25.8 Å². The molecule has 0 saturated carbocycles. The molecule has 1 saturated heterocycles. The molecule has 5 heteroatoms. The van der Waals surface area contributed by atoms with Crippen LogP contribution >= 0.6 is 0 Å².